The molecule has 0 saturated heterocycles. The van der Waals surface area contributed by atoms with Crippen molar-refractivity contribution in [3.05, 3.63) is 34.3 Å². The van der Waals surface area contributed by atoms with Crippen LogP contribution in [0.15, 0.2) is 27.4 Å². The van der Waals surface area contributed by atoms with E-state index in [2.05, 4.69) is 10.4 Å². The zero-order valence-corrected chi connectivity index (χ0v) is 13.7. The van der Waals surface area contributed by atoms with E-state index in [-0.39, 0.29) is 24.2 Å². The zero-order valence-electron chi connectivity index (χ0n) is 13.7. The van der Waals surface area contributed by atoms with Crippen LogP contribution in [-0.4, -0.2) is 21.7 Å². The standard InChI is InChI=1S/C17H22N4O3/c1-11-7-8-15(24-11)14-9-13(18)17(23)21(20-14)10-16(22)19-12-5-3-2-4-6-12/h7-9,12H,2-6,10,18H2,1H3,(H,19,22). The fourth-order valence-electron chi connectivity index (χ4n) is 3.02. The number of amides is 1. The number of aromatic nitrogens is 2. The number of nitrogens with one attached hydrogen (secondary N) is 1. The van der Waals surface area contributed by atoms with Gasteiger partial charge in [-0.15, -0.1) is 0 Å². The summed E-state index contributed by atoms with van der Waals surface area (Å²) in [6.45, 7) is 1.67. The number of furan rings is 1. The van der Waals surface area contributed by atoms with Crippen molar-refractivity contribution in [3.63, 3.8) is 0 Å². The highest BCUT2D eigenvalue weighted by Crippen LogP contribution is 2.20. The third kappa shape index (κ3) is 3.67. The Morgan fingerprint density at radius 3 is 2.79 bits per heavy atom. The minimum absolute atomic E-state index is 0.0412. The minimum Gasteiger partial charge on any atom is -0.460 e. The predicted octanol–water partition coefficient (Wildman–Crippen LogP) is 1.84. The van der Waals surface area contributed by atoms with Gasteiger partial charge in [0.25, 0.3) is 5.56 Å². The number of nitrogen functional groups attached to an aromatic ring is 1. The van der Waals surface area contributed by atoms with Crippen LogP contribution in [0.1, 0.15) is 37.9 Å². The Bertz CT molecular complexity index is 787. The summed E-state index contributed by atoms with van der Waals surface area (Å²) < 4.78 is 6.61. The first-order valence-electron chi connectivity index (χ1n) is 8.27. The van der Waals surface area contributed by atoms with Crippen molar-refractivity contribution in [1.29, 1.82) is 0 Å². The number of hydrogen-bond donors (Lipinski definition) is 2. The van der Waals surface area contributed by atoms with Gasteiger partial charge < -0.3 is 15.5 Å². The van der Waals surface area contributed by atoms with Crippen LogP contribution in [0.25, 0.3) is 11.5 Å². The van der Waals surface area contributed by atoms with Gasteiger partial charge >= 0.3 is 0 Å². The highest BCUT2D eigenvalue weighted by atomic mass is 16.3. The smallest absolute Gasteiger partial charge is 0.290 e. The summed E-state index contributed by atoms with van der Waals surface area (Å²) in [6.07, 6.45) is 5.45. The molecule has 0 aromatic carbocycles. The summed E-state index contributed by atoms with van der Waals surface area (Å²) in [6, 6.07) is 5.22. The average molecular weight is 330 g/mol. The number of nitrogens with two attached hydrogens (primary N) is 1. The van der Waals surface area contributed by atoms with E-state index in [0.717, 1.165) is 36.1 Å². The van der Waals surface area contributed by atoms with Crippen molar-refractivity contribution in [2.45, 2.75) is 51.6 Å². The quantitative estimate of drug-likeness (QED) is 0.890. The van der Waals surface area contributed by atoms with Crippen LogP contribution in [0.2, 0.25) is 0 Å². The second kappa shape index (κ2) is 6.90. The topological polar surface area (TPSA) is 103 Å². The average Bonchev–Trinajstić information content (AvgIpc) is 2.99. The van der Waals surface area contributed by atoms with Gasteiger partial charge in [-0.25, -0.2) is 4.68 Å². The lowest BCUT2D eigenvalue weighted by molar-refractivity contribution is -0.122. The number of aryl methyl sites for hydroxylation is 1. The van der Waals surface area contributed by atoms with Gasteiger partial charge in [0.05, 0.1) is 0 Å². The van der Waals surface area contributed by atoms with Crippen LogP contribution in [0.4, 0.5) is 5.69 Å². The molecule has 2 aromatic rings. The molecule has 7 heteroatoms. The molecule has 1 aliphatic carbocycles. The fraction of sp³-hybridized carbons (Fsp3) is 0.471. The van der Waals surface area contributed by atoms with Gasteiger partial charge in [-0.2, -0.15) is 5.10 Å². The lowest BCUT2D eigenvalue weighted by Crippen LogP contribution is -2.40. The van der Waals surface area contributed by atoms with Crippen molar-refractivity contribution in [2.24, 2.45) is 0 Å². The number of hydrogen-bond acceptors (Lipinski definition) is 5. The third-order valence-electron chi connectivity index (χ3n) is 4.26. The van der Waals surface area contributed by atoms with Crippen molar-refractivity contribution < 1.29 is 9.21 Å². The van der Waals surface area contributed by atoms with E-state index in [0.29, 0.717) is 11.5 Å². The summed E-state index contributed by atoms with van der Waals surface area (Å²) >= 11 is 0. The zero-order chi connectivity index (χ0) is 17.1. The fourth-order valence-corrected chi connectivity index (χ4v) is 3.02. The molecule has 0 radical (unpaired) electrons. The molecule has 1 amide bonds. The van der Waals surface area contributed by atoms with Crippen LogP contribution in [0, 0.1) is 6.92 Å². The third-order valence-corrected chi connectivity index (χ3v) is 4.26. The van der Waals surface area contributed by atoms with Crippen molar-refractivity contribution in [1.82, 2.24) is 15.1 Å². The van der Waals surface area contributed by atoms with E-state index in [1.165, 1.54) is 12.5 Å². The van der Waals surface area contributed by atoms with Crippen molar-refractivity contribution in [2.75, 3.05) is 5.73 Å². The Kier molecular flexibility index (Phi) is 4.69. The predicted molar refractivity (Wildman–Crippen MR) is 90.4 cm³/mol. The Morgan fingerprint density at radius 1 is 1.38 bits per heavy atom. The lowest BCUT2D eigenvalue weighted by Gasteiger charge is -2.22. The summed E-state index contributed by atoms with van der Waals surface area (Å²) in [7, 11) is 0. The molecule has 3 rings (SSSR count). The van der Waals surface area contributed by atoms with Gasteiger partial charge in [0, 0.05) is 6.04 Å². The second-order valence-electron chi connectivity index (χ2n) is 6.26. The molecule has 2 aromatic heterocycles. The molecular formula is C17H22N4O3. The molecule has 0 aliphatic heterocycles. The van der Waals surface area contributed by atoms with Gasteiger partial charge in [-0.05, 0) is 38.0 Å². The molecule has 128 valence electrons. The molecule has 24 heavy (non-hydrogen) atoms. The molecule has 0 bridgehead atoms. The molecule has 7 nitrogen and oxygen atoms in total. The SMILES string of the molecule is Cc1ccc(-c2cc(N)c(=O)n(CC(=O)NC3CCCCC3)n2)o1. The summed E-state index contributed by atoms with van der Waals surface area (Å²) in [4.78, 5) is 24.4. The van der Waals surface area contributed by atoms with E-state index < -0.39 is 5.56 Å². The molecule has 0 unspecified atom stereocenters. The van der Waals surface area contributed by atoms with E-state index in [1.54, 1.807) is 12.1 Å². The first kappa shape index (κ1) is 16.3. The Balaban J connectivity index is 1.78. The molecule has 0 atom stereocenters. The molecule has 0 spiro atoms. The molecule has 1 fully saturated rings. The largest absolute Gasteiger partial charge is 0.460 e. The summed E-state index contributed by atoms with van der Waals surface area (Å²) in [5.41, 5.74) is 5.78. The van der Waals surface area contributed by atoms with E-state index >= 15 is 0 Å². The van der Waals surface area contributed by atoms with Gasteiger partial charge in [-0.3, -0.25) is 9.59 Å². The second-order valence-corrected chi connectivity index (χ2v) is 6.26. The molecule has 1 saturated carbocycles. The molecule has 3 N–H and O–H groups in total. The maximum atomic E-state index is 12.2. The number of carbonyl (C=O) groups excluding carboxylic acids is 1. The highest BCUT2D eigenvalue weighted by Gasteiger charge is 2.17. The maximum absolute atomic E-state index is 12.2. The first-order valence-corrected chi connectivity index (χ1v) is 8.27. The lowest BCUT2D eigenvalue weighted by atomic mass is 9.95. The summed E-state index contributed by atoms with van der Waals surface area (Å²) in [5.74, 6) is 1.03. The maximum Gasteiger partial charge on any atom is 0.290 e. The van der Waals surface area contributed by atoms with Crippen LogP contribution in [0.3, 0.4) is 0 Å². The van der Waals surface area contributed by atoms with Crippen LogP contribution >= 0.6 is 0 Å². The molecule has 1 aliphatic rings. The molecule has 2 heterocycles. The minimum atomic E-state index is -0.471. The van der Waals surface area contributed by atoms with Gasteiger partial charge in [-0.1, -0.05) is 19.3 Å². The van der Waals surface area contributed by atoms with Gasteiger partial charge in [0.1, 0.15) is 23.7 Å². The number of carbonyl (C=O) groups is 1. The number of nitrogens with zero attached hydrogens (tertiary/aromatic N) is 2. The molecular weight excluding hydrogens is 308 g/mol. The van der Waals surface area contributed by atoms with Gasteiger partial charge in [0.2, 0.25) is 5.91 Å². The van der Waals surface area contributed by atoms with Crippen molar-refractivity contribution in [3.8, 4) is 11.5 Å². The van der Waals surface area contributed by atoms with Crippen LogP contribution in [-0.2, 0) is 11.3 Å². The van der Waals surface area contributed by atoms with E-state index in [1.807, 2.05) is 6.92 Å². The van der Waals surface area contributed by atoms with Crippen LogP contribution < -0.4 is 16.6 Å². The number of rotatable bonds is 4. The Hall–Kier alpha value is -2.57. The normalized spacial score (nSPS) is 15.4. The Labute approximate surface area is 139 Å². The Morgan fingerprint density at radius 2 is 2.12 bits per heavy atom. The van der Waals surface area contributed by atoms with E-state index in [4.69, 9.17) is 10.2 Å². The van der Waals surface area contributed by atoms with Crippen molar-refractivity contribution >= 4 is 11.6 Å². The number of anilines is 1. The highest BCUT2D eigenvalue weighted by molar-refractivity contribution is 5.76. The van der Waals surface area contributed by atoms with Crippen LogP contribution in [0.5, 0.6) is 0 Å². The first-order chi connectivity index (χ1) is 11.5. The summed E-state index contributed by atoms with van der Waals surface area (Å²) in [5, 5.41) is 7.19. The van der Waals surface area contributed by atoms with E-state index in [9.17, 15) is 9.59 Å². The van der Waals surface area contributed by atoms with Gasteiger partial charge in [0.15, 0.2) is 5.76 Å². The monoisotopic (exact) mass is 330 g/mol.